The molecule has 0 unspecified atom stereocenters. The second-order valence-electron chi connectivity index (χ2n) is 4.38. The van der Waals surface area contributed by atoms with Gasteiger partial charge in [-0.05, 0) is 35.3 Å². The van der Waals surface area contributed by atoms with Crippen molar-refractivity contribution in [2.75, 3.05) is 0 Å². The quantitative estimate of drug-likeness (QED) is 0.935. The van der Waals surface area contributed by atoms with Crippen LogP contribution < -0.4 is 0 Å². The lowest BCUT2D eigenvalue weighted by molar-refractivity contribution is -0.0341. The lowest BCUT2D eigenvalue weighted by Crippen LogP contribution is -2.21. The van der Waals surface area contributed by atoms with Crippen molar-refractivity contribution in [3.8, 4) is 0 Å². The summed E-state index contributed by atoms with van der Waals surface area (Å²) in [5.41, 5.74) is 1.82. The van der Waals surface area contributed by atoms with Crippen LogP contribution in [0.5, 0.6) is 0 Å². The van der Waals surface area contributed by atoms with Crippen LogP contribution in [0, 0.1) is 0 Å². The van der Waals surface area contributed by atoms with E-state index in [0.717, 1.165) is 10.2 Å². The molecule has 3 nitrogen and oxygen atoms in total. The summed E-state index contributed by atoms with van der Waals surface area (Å²) in [5, 5.41) is 6.85. The van der Waals surface area contributed by atoms with Crippen LogP contribution in [0.4, 0.5) is 0 Å². The number of rotatable bonds is 4. The highest BCUT2D eigenvalue weighted by Crippen LogP contribution is 2.30. The molecule has 0 aliphatic rings. The summed E-state index contributed by atoms with van der Waals surface area (Å²) in [6, 6.07) is 10.1. The molecule has 0 amide bonds. The van der Waals surface area contributed by atoms with Crippen LogP contribution in [0.2, 0.25) is 0 Å². The fourth-order valence-electron chi connectivity index (χ4n) is 1.61. The summed E-state index contributed by atoms with van der Waals surface area (Å²) < 4.78 is 6.82. The van der Waals surface area contributed by atoms with Gasteiger partial charge in [0.05, 0.1) is 18.4 Å². The molecule has 90 valence electrons. The van der Waals surface area contributed by atoms with E-state index < -0.39 is 0 Å². The number of aromatic nitrogens is 2. The van der Waals surface area contributed by atoms with Crippen molar-refractivity contribution in [3.63, 3.8) is 0 Å². The Morgan fingerprint density at radius 1 is 1.29 bits per heavy atom. The fourth-order valence-corrected chi connectivity index (χ4v) is 2.29. The molecule has 0 atom stereocenters. The SMILES string of the molecule is CC(C)(OCc1ccccc1)c1cn[nH]c1Br. The molecule has 0 aliphatic heterocycles. The minimum atomic E-state index is -0.373. The standard InChI is InChI=1S/C13H15BrN2O/c1-13(2,11-8-15-16-12(11)14)17-9-10-6-4-3-5-7-10/h3-8H,9H2,1-2H3,(H,15,16). The highest BCUT2D eigenvalue weighted by atomic mass is 79.9. The van der Waals surface area contributed by atoms with Gasteiger partial charge in [-0.1, -0.05) is 30.3 Å². The molecule has 0 saturated heterocycles. The summed E-state index contributed by atoms with van der Waals surface area (Å²) in [5.74, 6) is 0. The van der Waals surface area contributed by atoms with Crippen LogP contribution in [0.25, 0.3) is 0 Å². The van der Waals surface area contributed by atoms with E-state index in [0.29, 0.717) is 6.61 Å². The number of halogens is 1. The van der Waals surface area contributed by atoms with Gasteiger partial charge in [-0.3, -0.25) is 5.10 Å². The van der Waals surface area contributed by atoms with Crippen molar-refractivity contribution in [1.29, 1.82) is 0 Å². The molecular formula is C13H15BrN2O. The van der Waals surface area contributed by atoms with Crippen LogP contribution in [-0.2, 0) is 16.9 Å². The zero-order valence-corrected chi connectivity index (χ0v) is 11.5. The monoisotopic (exact) mass is 294 g/mol. The minimum Gasteiger partial charge on any atom is -0.366 e. The average molecular weight is 295 g/mol. The summed E-state index contributed by atoms with van der Waals surface area (Å²) in [6.07, 6.45) is 1.79. The normalized spacial score (nSPS) is 11.7. The van der Waals surface area contributed by atoms with Gasteiger partial charge in [-0.15, -0.1) is 0 Å². The van der Waals surface area contributed by atoms with Crippen molar-refractivity contribution in [2.24, 2.45) is 0 Å². The molecule has 2 aromatic rings. The van der Waals surface area contributed by atoms with Crippen molar-refractivity contribution in [3.05, 3.63) is 52.3 Å². The third kappa shape index (κ3) is 2.96. The maximum Gasteiger partial charge on any atom is 0.106 e. The first-order chi connectivity index (χ1) is 8.09. The van der Waals surface area contributed by atoms with E-state index in [2.05, 4.69) is 38.3 Å². The Morgan fingerprint density at radius 3 is 2.59 bits per heavy atom. The van der Waals surface area contributed by atoms with Gasteiger partial charge in [-0.25, -0.2) is 0 Å². The predicted molar refractivity (Wildman–Crippen MR) is 70.5 cm³/mol. The number of aromatic amines is 1. The molecule has 0 radical (unpaired) electrons. The number of ether oxygens (including phenoxy) is 1. The molecule has 0 bridgehead atoms. The number of nitrogens with one attached hydrogen (secondary N) is 1. The number of H-pyrrole nitrogens is 1. The van der Waals surface area contributed by atoms with Gasteiger partial charge in [0.1, 0.15) is 4.60 Å². The fraction of sp³-hybridized carbons (Fsp3) is 0.308. The van der Waals surface area contributed by atoms with E-state index in [1.54, 1.807) is 6.20 Å². The Labute approximate surface area is 109 Å². The Morgan fingerprint density at radius 2 is 2.00 bits per heavy atom. The van der Waals surface area contributed by atoms with Gasteiger partial charge in [-0.2, -0.15) is 5.10 Å². The molecule has 1 N–H and O–H groups in total. The summed E-state index contributed by atoms with van der Waals surface area (Å²) in [4.78, 5) is 0. The molecule has 2 rings (SSSR count). The van der Waals surface area contributed by atoms with Gasteiger partial charge in [0.2, 0.25) is 0 Å². The highest BCUT2D eigenvalue weighted by Gasteiger charge is 2.25. The van der Waals surface area contributed by atoms with Crippen LogP contribution >= 0.6 is 15.9 Å². The number of hydrogen-bond donors (Lipinski definition) is 1. The van der Waals surface area contributed by atoms with E-state index in [-0.39, 0.29) is 5.60 Å². The van der Waals surface area contributed by atoms with E-state index in [1.807, 2.05) is 32.0 Å². The predicted octanol–water partition coefficient (Wildman–Crippen LogP) is 3.62. The molecule has 1 heterocycles. The molecule has 0 saturated carbocycles. The van der Waals surface area contributed by atoms with Gasteiger partial charge >= 0.3 is 0 Å². The Bertz CT molecular complexity index is 479. The topological polar surface area (TPSA) is 37.9 Å². The van der Waals surface area contributed by atoms with Gasteiger partial charge in [0.25, 0.3) is 0 Å². The number of nitrogens with zero attached hydrogens (tertiary/aromatic N) is 1. The molecule has 4 heteroatoms. The smallest absolute Gasteiger partial charge is 0.106 e. The third-order valence-electron chi connectivity index (χ3n) is 2.68. The Hall–Kier alpha value is -1.13. The zero-order valence-electron chi connectivity index (χ0n) is 9.90. The molecule has 1 aromatic heterocycles. The maximum atomic E-state index is 5.95. The van der Waals surface area contributed by atoms with Crippen LogP contribution in [-0.4, -0.2) is 10.2 Å². The van der Waals surface area contributed by atoms with E-state index in [4.69, 9.17) is 4.74 Å². The van der Waals surface area contributed by atoms with Gasteiger partial charge in [0, 0.05) is 5.56 Å². The lowest BCUT2D eigenvalue weighted by Gasteiger charge is -2.24. The molecular weight excluding hydrogens is 280 g/mol. The molecule has 17 heavy (non-hydrogen) atoms. The largest absolute Gasteiger partial charge is 0.366 e. The van der Waals surface area contributed by atoms with Crippen LogP contribution in [0.1, 0.15) is 25.0 Å². The van der Waals surface area contributed by atoms with E-state index in [9.17, 15) is 0 Å². The second kappa shape index (κ2) is 5.02. The average Bonchev–Trinajstić information content (AvgIpc) is 2.75. The first-order valence-electron chi connectivity index (χ1n) is 5.47. The van der Waals surface area contributed by atoms with Crippen molar-refractivity contribution in [1.82, 2.24) is 10.2 Å². The minimum absolute atomic E-state index is 0.373. The van der Waals surface area contributed by atoms with Crippen molar-refractivity contribution >= 4 is 15.9 Å². The molecule has 0 spiro atoms. The summed E-state index contributed by atoms with van der Waals surface area (Å²) >= 11 is 3.43. The van der Waals surface area contributed by atoms with Gasteiger partial charge < -0.3 is 4.74 Å². The molecule has 0 aliphatic carbocycles. The lowest BCUT2D eigenvalue weighted by atomic mass is 10.0. The summed E-state index contributed by atoms with van der Waals surface area (Å²) in [6.45, 7) is 4.66. The first-order valence-corrected chi connectivity index (χ1v) is 6.26. The van der Waals surface area contributed by atoms with Crippen molar-refractivity contribution < 1.29 is 4.74 Å². The number of hydrogen-bond acceptors (Lipinski definition) is 2. The Balaban J connectivity index is 2.06. The second-order valence-corrected chi connectivity index (χ2v) is 5.18. The molecule has 0 fully saturated rings. The van der Waals surface area contributed by atoms with E-state index >= 15 is 0 Å². The Kier molecular flexibility index (Phi) is 3.64. The maximum absolute atomic E-state index is 5.95. The van der Waals surface area contributed by atoms with Crippen LogP contribution in [0.3, 0.4) is 0 Å². The highest BCUT2D eigenvalue weighted by molar-refractivity contribution is 9.10. The van der Waals surface area contributed by atoms with Crippen molar-refractivity contribution in [2.45, 2.75) is 26.1 Å². The van der Waals surface area contributed by atoms with Crippen LogP contribution in [0.15, 0.2) is 41.1 Å². The number of benzene rings is 1. The third-order valence-corrected chi connectivity index (χ3v) is 3.29. The summed E-state index contributed by atoms with van der Waals surface area (Å²) in [7, 11) is 0. The first kappa shape index (κ1) is 12.3. The van der Waals surface area contributed by atoms with E-state index in [1.165, 1.54) is 5.56 Å². The molecule has 1 aromatic carbocycles. The van der Waals surface area contributed by atoms with Gasteiger partial charge in [0.15, 0.2) is 0 Å². The zero-order chi connectivity index (χ0) is 12.3.